The maximum Gasteiger partial charge on any atom is 0.239 e. The van der Waals surface area contributed by atoms with Crippen LogP contribution >= 0.6 is 12.6 Å². The van der Waals surface area contributed by atoms with Gasteiger partial charge in [0.25, 0.3) is 0 Å². The molecule has 0 saturated heterocycles. The van der Waals surface area contributed by atoms with Gasteiger partial charge in [0.05, 0.1) is 5.72 Å². The van der Waals surface area contributed by atoms with Crippen LogP contribution in [-0.2, 0) is 12.6 Å². The van der Waals surface area contributed by atoms with Gasteiger partial charge >= 0.3 is 0 Å². The molecule has 0 unspecified atom stereocenters. The first-order valence-corrected chi connectivity index (χ1v) is 17.7. The van der Waals surface area contributed by atoms with Crippen LogP contribution in [0.3, 0.4) is 0 Å². The van der Waals surface area contributed by atoms with Crippen molar-refractivity contribution in [1.82, 2.24) is 9.55 Å². The van der Waals surface area contributed by atoms with Crippen LogP contribution in [0.15, 0.2) is 158 Å². The standard InChI is InChI=1S/C38H35BN2SSi/c42-28-25-31-21-23-36(24-22-31)43(34-17-9-3-10-18-34,35-19-11-4-12-20-35)30-41-27-26-40-38(41)39-37(33-15-7-2-8-16-33)29-32-13-5-1-6-14-32/h1-24,26-27,29,39,42H,25,28,30H2. The molecule has 0 spiro atoms. The predicted molar refractivity (Wildman–Crippen MR) is 191 cm³/mol. The first kappa shape index (κ1) is 28.8. The molecular formula is C38H35BN2SSi. The van der Waals surface area contributed by atoms with Crippen LogP contribution in [0.5, 0.6) is 0 Å². The molecule has 5 heteroatoms. The van der Waals surface area contributed by atoms with Crippen LogP contribution < -0.4 is 21.3 Å². The highest BCUT2D eigenvalue weighted by atomic mass is 32.1. The summed E-state index contributed by atoms with van der Waals surface area (Å²) in [6.45, 7) is 0. The summed E-state index contributed by atoms with van der Waals surface area (Å²) in [6, 6.07) is 52.8. The number of aromatic nitrogens is 2. The number of imidazole rings is 1. The first-order valence-electron chi connectivity index (χ1n) is 14.9. The van der Waals surface area contributed by atoms with Gasteiger partial charge in [-0.15, -0.1) is 0 Å². The van der Waals surface area contributed by atoms with Crippen LogP contribution in [0, 0.1) is 0 Å². The van der Waals surface area contributed by atoms with E-state index in [1.807, 2.05) is 6.20 Å². The fourth-order valence-electron chi connectivity index (χ4n) is 6.02. The highest BCUT2D eigenvalue weighted by Crippen LogP contribution is 2.18. The van der Waals surface area contributed by atoms with Crippen LogP contribution in [0.25, 0.3) is 11.5 Å². The minimum Gasteiger partial charge on any atom is -0.345 e. The zero-order chi connectivity index (χ0) is 29.3. The topological polar surface area (TPSA) is 17.8 Å². The smallest absolute Gasteiger partial charge is 0.239 e. The predicted octanol–water partition coefficient (Wildman–Crippen LogP) is 5.33. The van der Waals surface area contributed by atoms with Gasteiger partial charge in [-0.1, -0.05) is 157 Å². The maximum absolute atomic E-state index is 4.96. The molecule has 5 aromatic carbocycles. The van der Waals surface area contributed by atoms with E-state index < -0.39 is 8.07 Å². The summed E-state index contributed by atoms with van der Waals surface area (Å²) in [5.74, 6) is 0.845. The molecule has 1 aromatic heterocycles. The normalized spacial score (nSPS) is 11.8. The lowest BCUT2D eigenvalue weighted by atomic mass is 9.65. The Kier molecular flexibility index (Phi) is 9.22. The van der Waals surface area contributed by atoms with Gasteiger partial charge in [0.1, 0.15) is 0 Å². The molecule has 0 atom stereocenters. The van der Waals surface area contributed by atoms with Crippen LogP contribution in [0.1, 0.15) is 16.7 Å². The van der Waals surface area contributed by atoms with Crippen molar-refractivity contribution in [1.29, 1.82) is 0 Å². The number of hydrogen-bond donors (Lipinski definition) is 1. The van der Waals surface area contributed by atoms with Gasteiger partial charge in [-0.25, -0.2) is 0 Å². The molecule has 0 saturated carbocycles. The largest absolute Gasteiger partial charge is 0.345 e. The minimum atomic E-state index is -2.53. The molecule has 0 radical (unpaired) electrons. The summed E-state index contributed by atoms with van der Waals surface area (Å²) >= 11 is 4.48. The number of aryl methyl sites for hydroxylation is 1. The van der Waals surface area contributed by atoms with E-state index in [0.29, 0.717) is 0 Å². The lowest BCUT2D eigenvalue weighted by molar-refractivity contribution is 0.893. The first-order chi connectivity index (χ1) is 21.3. The highest BCUT2D eigenvalue weighted by molar-refractivity contribution is 7.80. The fraction of sp³-hybridized carbons (Fsp3) is 0.0789. The maximum atomic E-state index is 4.96. The zero-order valence-electron chi connectivity index (χ0n) is 24.3. The van der Waals surface area contributed by atoms with Gasteiger partial charge in [-0.05, 0) is 44.4 Å². The van der Waals surface area contributed by atoms with Gasteiger partial charge < -0.3 is 4.57 Å². The van der Waals surface area contributed by atoms with Crippen molar-refractivity contribution < 1.29 is 0 Å². The third-order valence-corrected chi connectivity index (χ3v) is 13.2. The number of nitrogens with zero attached hydrogens (tertiary/aromatic N) is 2. The number of benzene rings is 5. The Morgan fingerprint density at radius 3 is 1.79 bits per heavy atom. The Morgan fingerprint density at radius 2 is 1.21 bits per heavy atom. The highest BCUT2D eigenvalue weighted by Gasteiger charge is 2.40. The van der Waals surface area contributed by atoms with E-state index in [0.717, 1.165) is 31.3 Å². The van der Waals surface area contributed by atoms with Crippen molar-refractivity contribution in [3.05, 3.63) is 175 Å². The Labute approximate surface area is 262 Å². The van der Waals surface area contributed by atoms with E-state index >= 15 is 0 Å². The van der Waals surface area contributed by atoms with E-state index in [2.05, 4.69) is 175 Å². The van der Waals surface area contributed by atoms with Crippen molar-refractivity contribution >= 4 is 60.8 Å². The second-order valence-electron chi connectivity index (χ2n) is 10.9. The molecule has 43 heavy (non-hydrogen) atoms. The summed E-state index contributed by atoms with van der Waals surface area (Å²) in [5.41, 5.74) is 6.06. The van der Waals surface area contributed by atoms with Crippen LogP contribution in [0.2, 0.25) is 0 Å². The molecule has 0 aliphatic heterocycles. The Bertz CT molecular complexity index is 1710. The average molecular weight is 591 g/mol. The third-order valence-electron chi connectivity index (χ3n) is 8.22. The van der Waals surface area contributed by atoms with Gasteiger partial charge in [0, 0.05) is 18.6 Å². The van der Waals surface area contributed by atoms with Gasteiger partial charge in [0.15, 0.2) is 8.07 Å². The molecule has 210 valence electrons. The summed E-state index contributed by atoms with van der Waals surface area (Å²) in [6.07, 6.45) is 8.26. The molecule has 0 aliphatic rings. The van der Waals surface area contributed by atoms with E-state index in [1.165, 1.54) is 37.7 Å². The summed E-state index contributed by atoms with van der Waals surface area (Å²) < 4.78 is 2.41. The molecule has 0 fully saturated rings. The Balaban J connectivity index is 1.47. The molecule has 0 aliphatic carbocycles. The molecule has 2 nitrogen and oxygen atoms in total. The molecule has 0 N–H and O–H groups in total. The SMILES string of the molecule is SCCc1ccc([Si](Cn2ccnc2BC(=Cc2ccccc2)c2ccccc2)(c2ccccc2)c2ccccc2)cc1. The van der Waals surface area contributed by atoms with Gasteiger partial charge in [-0.3, -0.25) is 4.98 Å². The Morgan fingerprint density at radius 1 is 0.674 bits per heavy atom. The van der Waals surface area contributed by atoms with Crippen molar-refractivity contribution in [3.63, 3.8) is 0 Å². The second-order valence-corrected chi connectivity index (χ2v) is 15.2. The van der Waals surface area contributed by atoms with E-state index in [1.54, 1.807) is 0 Å². The summed E-state index contributed by atoms with van der Waals surface area (Å²) in [5, 5.41) is 4.19. The van der Waals surface area contributed by atoms with Gasteiger partial charge in [-0.2, -0.15) is 12.6 Å². The minimum absolute atomic E-state index is 0.737. The summed E-state index contributed by atoms with van der Waals surface area (Å²) in [4.78, 5) is 4.96. The second kappa shape index (κ2) is 13.8. The molecule has 6 aromatic rings. The third kappa shape index (κ3) is 6.54. The molecule has 0 amide bonds. The van der Waals surface area contributed by atoms with Crippen molar-refractivity contribution in [3.8, 4) is 0 Å². The van der Waals surface area contributed by atoms with Crippen molar-refractivity contribution in [2.75, 3.05) is 5.75 Å². The Hall–Kier alpha value is -4.32. The number of hydrogen-bond acceptors (Lipinski definition) is 2. The lowest BCUT2D eigenvalue weighted by Gasteiger charge is -2.35. The summed E-state index contributed by atoms with van der Waals surface area (Å²) in [7, 11) is -1.79. The number of rotatable bonds is 11. The van der Waals surface area contributed by atoms with Crippen molar-refractivity contribution in [2.24, 2.45) is 0 Å². The van der Waals surface area contributed by atoms with Crippen molar-refractivity contribution in [2.45, 2.75) is 12.6 Å². The molecular weight excluding hydrogens is 555 g/mol. The number of thiol groups is 1. The molecule has 1 heterocycles. The lowest BCUT2D eigenvalue weighted by Crippen LogP contribution is -2.70. The van der Waals surface area contributed by atoms with E-state index in [-0.39, 0.29) is 0 Å². The van der Waals surface area contributed by atoms with Crippen LogP contribution in [0.4, 0.5) is 0 Å². The van der Waals surface area contributed by atoms with E-state index in [4.69, 9.17) is 4.98 Å². The monoisotopic (exact) mass is 590 g/mol. The average Bonchev–Trinajstić information content (AvgIpc) is 3.51. The van der Waals surface area contributed by atoms with E-state index in [9.17, 15) is 0 Å². The fourth-order valence-corrected chi connectivity index (χ4v) is 10.9. The molecule has 6 rings (SSSR count). The molecule has 0 bridgehead atoms. The quantitative estimate of drug-likeness (QED) is 0.0936. The van der Waals surface area contributed by atoms with Gasteiger partial charge in [0.2, 0.25) is 7.28 Å². The zero-order valence-corrected chi connectivity index (χ0v) is 26.2. The van der Waals surface area contributed by atoms with Crippen LogP contribution in [-0.4, -0.2) is 30.7 Å².